The van der Waals surface area contributed by atoms with Crippen LogP contribution in [0.4, 0.5) is 5.69 Å². The standard InChI is InChI=1S/C23H22ClNO4/c1-14-5-10-19-20(11-14)23(28)25(22(19)27)17-3-2-4-18(13-17)29-21(26)12-15-6-8-16(24)9-7-15/h2-4,6-9,13-14,19-20H,5,10-12H2,1H3. The van der Waals surface area contributed by atoms with Gasteiger partial charge in [0.1, 0.15) is 5.75 Å². The third-order valence-electron chi connectivity index (χ3n) is 5.76. The van der Waals surface area contributed by atoms with Gasteiger partial charge in [-0.25, -0.2) is 4.90 Å². The lowest BCUT2D eigenvalue weighted by Crippen LogP contribution is -2.30. The van der Waals surface area contributed by atoms with E-state index in [9.17, 15) is 14.4 Å². The van der Waals surface area contributed by atoms with Crippen LogP contribution in [0.3, 0.4) is 0 Å². The molecule has 1 aliphatic carbocycles. The highest BCUT2D eigenvalue weighted by Gasteiger charge is 2.50. The molecular weight excluding hydrogens is 390 g/mol. The number of carbonyl (C=O) groups is 3. The van der Waals surface area contributed by atoms with Crippen LogP contribution in [0, 0.1) is 17.8 Å². The van der Waals surface area contributed by atoms with Gasteiger partial charge in [-0.3, -0.25) is 14.4 Å². The first kappa shape index (κ1) is 19.6. The van der Waals surface area contributed by atoms with Crippen molar-refractivity contribution in [2.75, 3.05) is 4.90 Å². The highest BCUT2D eigenvalue weighted by atomic mass is 35.5. The number of hydrogen-bond donors (Lipinski definition) is 0. The molecule has 150 valence electrons. The molecule has 2 fully saturated rings. The van der Waals surface area contributed by atoms with Crippen molar-refractivity contribution in [2.24, 2.45) is 17.8 Å². The van der Waals surface area contributed by atoms with Crippen LogP contribution in [-0.4, -0.2) is 17.8 Å². The fourth-order valence-electron chi connectivity index (χ4n) is 4.27. The van der Waals surface area contributed by atoms with Gasteiger partial charge in [0, 0.05) is 11.1 Å². The molecule has 1 saturated heterocycles. The minimum Gasteiger partial charge on any atom is -0.426 e. The van der Waals surface area contributed by atoms with E-state index in [1.807, 2.05) is 0 Å². The number of nitrogens with zero attached hydrogens (tertiary/aromatic N) is 1. The van der Waals surface area contributed by atoms with Crippen LogP contribution in [0.2, 0.25) is 5.02 Å². The Morgan fingerprint density at radius 3 is 2.55 bits per heavy atom. The third-order valence-corrected chi connectivity index (χ3v) is 6.01. The average molecular weight is 412 g/mol. The Balaban J connectivity index is 1.48. The number of anilines is 1. The second-order valence-electron chi connectivity index (χ2n) is 7.92. The molecule has 4 rings (SSSR count). The molecule has 3 atom stereocenters. The normalized spacial score (nSPS) is 23.8. The SMILES string of the molecule is CC1CCC2C(=O)N(c3cccc(OC(=O)Cc4ccc(Cl)cc4)c3)C(=O)C2C1. The van der Waals surface area contributed by atoms with Gasteiger partial charge < -0.3 is 4.74 Å². The summed E-state index contributed by atoms with van der Waals surface area (Å²) in [5.74, 6) is -0.408. The van der Waals surface area contributed by atoms with Crippen LogP contribution >= 0.6 is 11.6 Å². The van der Waals surface area contributed by atoms with Crippen LogP contribution in [0.1, 0.15) is 31.7 Å². The molecule has 29 heavy (non-hydrogen) atoms. The van der Waals surface area contributed by atoms with Gasteiger partial charge in [-0.2, -0.15) is 0 Å². The molecule has 0 bridgehead atoms. The number of fused-ring (bicyclic) bond motifs is 1. The summed E-state index contributed by atoms with van der Waals surface area (Å²) < 4.78 is 5.43. The predicted molar refractivity (Wildman–Crippen MR) is 110 cm³/mol. The number of rotatable bonds is 4. The summed E-state index contributed by atoms with van der Waals surface area (Å²) in [6.07, 6.45) is 2.57. The number of imide groups is 1. The van der Waals surface area contributed by atoms with E-state index in [0.29, 0.717) is 22.4 Å². The minimum atomic E-state index is -0.425. The van der Waals surface area contributed by atoms with E-state index in [4.69, 9.17) is 16.3 Å². The summed E-state index contributed by atoms with van der Waals surface area (Å²) in [6.45, 7) is 2.12. The summed E-state index contributed by atoms with van der Waals surface area (Å²) in [5, 5.41) is 0.602. The fraction of sp³-hybridized carbons (Fsp3) is 0.348. The maximum Gasteiger partial charge on any atom is 0.315 e. The van der Waals surface area contributed by atoms with Gasteiger partial charge >= 0.3 is 5.97 Å². The van der Waals surface area contributed by atoms with E-state index in [-0.39, 0.29) is 30.1 Å². The van der Waals surface area contributed by atoms with Gasteiger partial charge in [-0.15, -0.1) is 0 Å². The number of halogens is 1. The number of esters is 1. The molecule has 2 aromatic carbocycles. The first-order valence-electron chi connectivity index (χ1n) is 9.85. The second-order valence-corrected chi connectivity index (χ2v) is 8.35. The van der Waals surface area contributed by atoms with Gasteiger partial charge in [0.15, 0.2) is 0 Å². The number of carbonyl (C=O) groups excluding carboxylic acids is 3. The van der Waals surface area contributed by atoms with Gasteiger partial charge in [-0.1, -0.05) is 36.7 Å². The number of hydrogen-bond acceptors (Lipinski definition) is 4. The maximum absolute atomic E-state index is 12.9. The Bertz CT molecular complexity index is 956. The number of ether oxygens (including phenoxy) is 1. The molecule has 1 aliphatic heterocycles. The Morgan fingerprint density at radius 1 is 1.07 bits per heavy atom. The van der Waals surface area contributed by atoms with Crippen molar-refractivity contribution in [3.05, 3.63) is 59.1 Å². The Morgan fingerprint density at radius 2 is 1.79 bits per heavy atom. The van der Waals surface area contributed by atoms with Gasteiger partial charge in [0.05, 0.1) is 23.9 Å². The van der Waals surface area contributed by atoms with E-state index in [1.54, 1.807) is 48.5 Å². The molecule has 0 aromatic heterocycles. The molecule has 0 spiro atoms. The summed E-state index contributed by atoms with van der Waals surface area (Å²) in [5.41, 5.74) is 1.25. The zero-order valence-corrected chi connectivity index (χ0v) is 16.9. The summed E-state index contributed by atoms with van der Waals surface area (Å²) in [4.78, 5) is 39.3. The average Bonchev–Trinajstić information content (AvgIpc) is 2.93. The third kappa shape index (κ3) is 4.06. The van der Waals surface area contributed by atoms with Crippen molar-refractivity contribution < 1.29 is 19.1 Å². The molecule has 6 heteroatoms. The van der Waals surface area contributed by atoms with Crippen LogP contribution < -0.4 is 9.64 Å². The van der Waals surface area contributed by atoms with E-state index in [0.717, 1.165) is 24.8 Å². The lowest BCUT2D eigenvalue weighted by molar-refractivity contribution is -0.133. The van der Waals surface area contributed by atoms with Gasteiger partial charge in [-0.05, 0) is 55.0 Å². The topological polar surface area (TPSA) is 63.7 Å². The second kappa shape index (κ2) is 7.99. The highest BCUT2D eigenvalue weighted by molar-refractivity contribution is 6.30. The summed E-state index contributed by atoms with van der Waals surface area (Å²) in [6, 6.07) is 13.6. The quantitative estimate of drug-likeness (QED) is 0.424. The Labute approximate surface area is 174 Å². The van der Waals surface area contributed by atoms with E-state index < -0.39 is 5.97 Å². The first-order valence-corrected chi connectivity index (χ1v) is 10.2. The van der Waals surface area contributed by atoms with Crippen LogP contribution in [0.5, 0.6) is 5.75 Å². The Hall–Kier alpha value is -2.66. The van der Waals surface area contributed by atoms with Crippen LogP contribution in [0.25, 0.3) is 0 Å². The molecule has 2 amide bonds. The maximum atomic E-state index is 12.9. The van der Waals surface area contributed by atoms with Crippen molar-refractivity contribution in [3.63, 3.8) is 0 Å². The molecule has 1 heterocycles. The molecular formula is C23H22ClNO4. The van der Waals surface area contributed by atoms with Crippen molar-refractivity contribution in [1.29, 1.82) is 0 Å². The zero-order valence-electron chi connectivity index (χ0n) is 16.1. The molecule has 5 nitrogen and oxygen atoms in total. The van der Waals surface area contributed by atoms with E-state index in [1.165, 1.54) is 4.90 Å². The summed E-state index contributed by atoms with van der Waals surface area (Å²) >= 11 is 5.86. The molecule has 0 N–H and O–H groups in total. The Kier molecular flexibility index (Phi) is 5.41. The van der Waals surface area contributed by atoms with Crippen molar-refractivity contribution in [2.45, 2.75) is 32.6 Å². The predicted octanol–water partition coefficient (Wildman–Crippen LogP) is 4.41. The zero-order chi connectivity index (χ0) is 20.5. The smallest absolute Gasteiger partial charge is 0.315 e. The first-order chi connectivity index (χ1) is 13.9. The van der Waals surface area contributed by atoms with E-state index >= 15 is 0 Å². The number of benzene rings is 2. The van der Waals surface area contributed by atoms with Gasteiger partial charge in [0.25, 0.3) is 0 Å². The minimum absolute atomic E-state index is 0.102. The number of amides is 2. The molecule has 2 aromatic rings. The molecule has 0 radical (unpaired) electrons. The van der Waals surface area contributed by atoms with Crippen LogP contribution in [0.15, 0.2) is 48.5 Å². The van der Waals surface area contributed by atoms with E-state index in [2.05, 4.69) is 6.92 Å². The fourth-order valence-corrected chi connectivity index (χ4v) is 4.39. The molecule has 2 aliphatic rings. The van der Waals surface area contributed by atoms with Crippen LogP contribution in [-0.2, 0) is 20.8 Å². The molecule has 3 unspecified atom stereocenters. The van der Waals surface area contributed by atoms with Crippen molar-refractivity contribution in [1.82, 2.24) is 0 Å². The highest BCUT2D eigenvalue weighted by Crippen LogP contribution is 2.42. The monoisotopic (exact) mass is 411 g/mol. The largest absolute Gasteiger partial charge is 0.426 e. The van der Waals surface area contributed by atoms with Crippen molar-refractivity contribution in [3.8, 4) is 5.75 Å². The van der Waals surface area contributed by atoms with Gasteiger partial charge in [0.2, 0.25) is 11.8 Å². The lowest BCUT2D eigenvalue weighted by atomic mass is 9.76. The van der Waals surface area contributed by atoms with Crippen molar-refractivity contribution >= 4 is 35.1 Å². The molecule has 1 saturated carbocycles. The summed E-state index contributed by atoms with van der Waals surface area (Å²) in [7, 11) is 0. The lowest BCUT2D eigenvalue weighted by Gasteiger charge is -2.25.